The summed E-state index contributed by atoms with van der Waals surface area (Å²) in [5.74, 6) is -0.0618. The largest absolute Gasteiger partial charge is 0.219 e. The molecule has 0 spiro atoms. The molecule has 17 heavy (non-hydrogen) atoms. The van der Waals surface area contributed by atoms with Crippen molar-refractivity contribution in [2.45, 2.75) is 25.6 Å². The van der Waals surface area contributed by atoms with Gasteiger partial charge in [0.15, 0.2) is 0 Å². The minimum atomic E-state index is -3.43. The van der Waals surface area contributed by atoms with Crippen LogP contribution in [0, 0.1) is 11.3 Å². The lowest BCUT2D eigenvalue weighted by molar-refractivity contribution is 0.385. The Kier molecular flexibility index (Phi) is 4.67. The van der Waals surface area contributed by atoms with E-state index < -0.39 is 10.0 Å². The lowest BCUT2D eigenvalue weighted by Crippen LogP contribution is -2.37. The molecule has 0 amide bonds. The Labute approximate surface area is 103 Å². The van der Waals surface area contributed by atoms with Crippen molar-refractivity contribution in [1.82, 2.24) is 4.31 Å². The second-order valence-electron chi connectivity index (χ2n) is 4.04. The molecule has 0 heterocycles. The van der Waals surface area contributed by atoms with Crippen molar-refractivity contribution >= 4 is 10.0 Å². The summed E-state index contributed by atoms with van der Waals surface area (Å²) in [5.41, 5.74) is 0.732. The number of nitriles is 1. The SMILES string of the molecule is CC(C)N(CC#N)S(=O)(=O)Cc1ccccc1. The molecule has 0 radical (unpaired) electrons. The van der Waals surface area contributed by atoms with Crippen LogP contribution in [0.1, 0.15) is 19.4 Å². The Morgan fingerprint density at radius 3 is 2.35 bits per heavy atom. The van der Waals surface area contributed by atoms with E-state index in [4.69, 9.17) is 5.26 Å². The van der Waals surface area contributed by atoms with Crippen LogP contribution in [0.3, 0.4) is 0 Å². The van der Waals surface area contributed by atoms with Crippen LogP contribution in [0.15, 0.2) is 30.3 Å². The van der Waals surface area contributed by atoms with Crippen LogP contribution in [-0.4, -0.2) is 25.3 Å². The number of hydrogen-bond acceptors (Lipinski definition) is 3. The smallest absolute Gasteiger partial charge is 0.212 e. The third kappa shape index (κ3) is 3.84. The normalized spacial score (nSPS) is 11.7. The third-order valence-corrected chi connectivity index (χ3v) is 4.32. The highest BCUT2D eigenvalue weighted by Crippen LogP contribution is 2.13. The summed E-state index contributed by atoms with van der Waals surface area (Å²) in [6, 6.07) is 10.7. The molecule has 0 unspecified atom stereocenters. The summed E-state index contributed by atoms with van der Waals surface area (Å²) in [7, 11) is -3.43. The van der Waals surface area contributed by atoms with Gasteiger partial charge in [-0.05, 0) is 19.4 Å². The van der Waals surface area contributed by atoms with Crippen molar-refractivity contribution < 1.29 is 8.42 Å². The Hall–Kier alpha value is -1.38. The summed E-state index contributed by atoms with van der Waals surface area (Å²) in [4.78, 5) is 0. The summed E-state index contributed by atoms with van der Waals surface area (Å²) in [6.45, 7) is 3.42. The monoisotopic (exact) mass is 252 g/mol. The molecule has 0 fully saturated rings. The van der Waals surface area contributed by atoms with Crippen molar-refractivity contribution in [1.29, 1.82) is 5.26 Å². The number of hydrogen-bond donors (Lipinski definition) is 0. The minimum absolute atomic E-state index is 0.0618. The molecule has 0 aromatic heterocycles. The summed E-state index contributed by atoms with van der Waals surface area (Å²) >= 11 is 0. The van der Waals surface area contributed by atoms with Crippen LogP contribution in [0.4, 0.5) is 0 Å². The van der Waals surface area contributed by atoms with E-state index in [0.29, 0.717) is 0 Å². The van der Waals surface area contributed by atoms with E-state index in [2.05, 4.69) is 0 Å². The fourth-order valence-corrected chi connectivity index (χ4v) is 3.22. The minimum Gasteiger partial charge on any atom is -0.212 e. The van der Waals surface area contributed by atoms with Gasteiger partial charge in [-0.2, -0.15) is 9.57 Å². The first-order chi connectivity index (χ1) is 7.97. The quantitative estimate of drug-likeness (QED) is 0.750. The molecule has 1 rings (SSSR count). The van der Waals surface area contributed by atoms with Gasteiger partial charge in [-0.15, -0.1) is 0 Å². The number of rotatable bonds is 5. The van der Waals surface area contributed by atoms with Crippen LogP contribution < -0.4 is 0 Å². The van der Waals surface area contributed by atoms with E-state index in [1.165, 1.54) is 4.31 Å². The van der Waals surface area contributed by atoms with E-state index >= 15 is 0 Å². The zero-order valence-corrected chi connectivity index (χ0v) is 10.8. The van der Waals surface area contributed by atoms with Crippen LogP contribution in [-0.2, 0) is 15.8 Å². The lowest BCUT2D eigenvalue weighted by atomic mass is 10.2. The van der Waals surface area contributed by atoms with Gasteiger partial charge in [0.05, 0.1) is 11.8 Å². The van der Waals surface area contributed by atoms with Gasteiger partial charge in [0.25, 0.3) is 0 Å². The average Bonchev–Trinajstić information content (AvgIpc) is 2.26. The highest BCUT2D eigenvalue weighted by atomic mass is 32.2. The van der Waals surface area contributed by atoms with Crippen molar-refractivity contribution in [2.24, 2.45) is 0 Å². The van der Waals surface area contributed by atoms with Crippen molar-refractivity contribution in [3.05, 3.63) is 35.9 Å². The molecule has 92 valence electrons. The van der Waals surface area contributed by atoms with Crippen LogP contribution in [0.25, 0.3) is 0 Å². The predicted molar refractivity (Wildman–Crippen MR) is 66.5 cm³/mol. The first-order valence-corrected chi connectivity index (χ1v) is 6.98. The molecule has 0 N–H and O–H groups in total. The molecule has 0 aliphatic heterocycles. The van der Waals surface area contributed by atoms with Gasteiger partial charge in [-0.1, -0.05) is 30.3 Å². The first-order valence-electron chi connectivity index (χ1n) is 5.38. The second kappa shape index (κ2) is 5.80. The summed E-state index contributed by atoms with van der Waals surface area (Å²) < 4.78 is 25.4. The molecule has 4 nitrogen and oxygen atoms in total. The zero-order valence-electron chi connectivity index (χ0n) is 10.00. The lowest BCUT2D eigenvalue weighted by Gasteiger charge is -2.23. The molecule has 0 aliphatic carbocycles. The van der Waals surface area contributed by atoms with Gasteiger partial charge in [-0.25, -0.2) is 8.42 Å². The van der Waals surface area contributed by atoms with Crippen molar-refractivity contribution in [2.75, 3.05) is 6.54 Å². The Morgan fingerprint density at radius 1 is 1.29 bits per heavy atom. The van der Waals surface area contributed by atoms with E-state index in [-0.39, 0.29) is 18.3 Å². The Balaban J connectivity index is 2.91. The molecule has 1 aromatic rings. The second-order valence-corrected chi connectivity index (χ2v) is 5.96. The molecule has 5 heteroatoms. The van der Waals surface area contributed by atoms with Crippen LogP contribution in [0.5, 0.6) is 0 Å². The van der Waals surface area contributed by atoms with E-state index in [1.807, 2.05) is 12.1 Å². The van der Waals surface area contributed by atoms with E-state index in [9.17, 15) is 8.42 Å². The highest BCUT2D eigenvalue weighted by Gasteiger charge is 2.24. The molecule has 0 saturated heterocycles. The summed E-state index contributed by atoms with van der Waals surface area (Å²) in [5, 5.41) is 8.66. The molecule has 0 atom stereocenters. The predicted octanol–water partition coefficient (Wildman–Crippen LogP) is 1.75. The maximum absolute atomic E-state index is 12.1. The average molecular weight is 252 g/mol. The van der Waals surface area contributed by atoms with Gasteiger partial charge >= 0.3 is 0 Å². The zero-order chi connectivity index (χ0) is 12.9. The molecular weight excluding hydrogens is 236 g/mol. The first kappa shape index (κ1) is 13.7. The van der Waals surface area contributed by atoms with Gasteiger partial charge in [0.2, 0.25) is 10.0 Å². The number of nitrogens with zero attached hydrogens (tertiary/aromatic N) is 2. The van der Waals surface area contributed by atoms with E-state index in [1.54, 1.807) is 38.1 Å². The van der Waals surface area contributed by atoms with Crippen LogP contribution in [0.2, 0.25) is 0 Å². The third-order valence-electron chi connectivity index (χ3n) is 2.35. The van der Waals surface area contributed by atoms with Gasteiger partial charge < -0.3 is 0 Å². The van der Waals surface area contributed by atoms with Gasteiger partial charge in [0, 0.05) is 6.04 Å². The van der Waals surface area contributed by atoms with Crippen molar-refractivity contribution in [3.63, 3.8) is 0 Å². The number of benzene rings is 1. The molecule has 0 saturated carbocycles. The van der Waals surface area contributed by atoms with Crippen molar-refractivity contribution in [3.8, 4) is 6.07 Å². The maximum atomic E-state index is 12.1. The topological polar surface area (TPSA) is 61.2 Å². The number of sulfonamides is 1. The van der Waals surface area contributed by atoms with Crippen LogP contribution >= 0.6 is 0 Å². The molecule has 0 aliphatic rings. The molecule has 0 bridgehead atoms. The fraction of sp³-hybridized carbons (Fsp3) is 0.417. The highest BCUT2D eigenvalue weighted by molar-refractivity contribution is 7.88. The molecular formula is C12H16N2O2S. The molecule has 1 aromatic carbocycles. The Bertz CT molecular complexity index is 489. The van der Waals surface area contributed by atoms with Gasteiger partial charge in [0.1, 0.15) is 6.54 Å². The standard InChI is InChI=1S/C12H16N2O2S/c1-11(2)14(9-8-13)17(15,16)10-12-6-4-3-5-7-12/h3-7,11H,9-10H2,1-2H3. The maximum Gasteiger partial charge on any atom is 0.219 e. The fourth-order valence-electron chi connectivity index (χ4n) is 1.54. The Morgan fingerprint density at radius 2 is 1.88 bits per heavy atom. The van der Waals surface area contributed by atoms with E-state index in [0.717, 1.165) is 5.56 Å². The summed E-state index contributed by atoms with van der Waals surface area (Å²) in [6.07, 6.45) is 0. The van der Waals surface area contributed by atoms with Gasteiger partial charge in [-0.3, -0.25) is 0 Å².